The number of halogens is 2. The van der Waals surface area contributed by atoms with Gasteiger partial charge in [-0.3, -0.25) is 0 Å². The van der Waals surface area contributed by atoms with Crippen molar-refractivity contribution in [2.45, 2.75) is 53.0 Å². The third-order valence-electron chi connectivity index (χ3n) is 3.52. The van der Waals surface area contributed by atoms with Gasteiger partial charge in [0.05, 0.1) is 0 Å². The summed E-state index contributed by atoms with van der Waals surface area (Å²) in [6.07, 6.45) is 1.68. The third-order valence-corrected chi connectivity index (χ3v) is 3.76. The first-order valence-corrected chi connectivity index (χ1v) is 7.22. The maximum absolute atomic E-state index is 13.8. The van der Waals surface area contributed by atoms with Gasteiger partial charge in [0.1, 0.15) is 5.82 Å². The van der Waals surface area contributed by atoms with Gasteiger partial charge in [0.25, 0.3) is 0 Å². The van der Waals surface area contributed by atoms with Gasteiger partial charge >= 0.3 is 0 Å². The van der Waals surface area contributed by atoms with E-state index in [0.717, 1.165) is 13.0 Å². The van der Waals surface area contributed by atoms with E-state index in [2.05, 4.69) is 39.9 Å². The molecule has 0 aliphatic rings. The first-order valence-electron chi connectivity index (χ1n) is 6.84. The molecule has 0 saturated heterocycles. The Labute approximate surface area is 121 Å². The zero-order chi connectivity index (χ0) is 14.7. The molecule has 0 spiro atoms. The van der Waals surface area contributed by atoms with Crippen LogP contribution in [0.15, 0.2) is 18.2 Å². The molecular formula is C16H25ClFN. The lowest BCUT2D eigenvalue weighted by atomic mass is 9.80. The molecule has 0 heterocycles. The molecule has 0 radical (unpaired) electrons. The predicted octanol–water partition coefficient (Wildman–Crippen LogP) is 4.83. The molecule has 0 bridgehead atoms. The van der Waals surface area contributed by atoms with Gasteiger partial charge in [-0.1, -0.05) is 25.4 Å². The van der Waals surface area contributed by atoms with E-state index in [-0.39, 0.29) is 16.8 Å². The van der Waals surface area contributed by atoms with Crippen LogP contribution in [-0.4, -0.2) is 12.1 Å². The molecule has 19 heavy (non-hydrogen) atoms. The van der Waals surface area contributed by atoms with Crippen LogP contribution < -0.4 is 5.32 Å². The van der Waals surface area contributed by atoms with Gasteiger partial charge in [-0.25, -0.2) is 4.39 Å². The van der Waals surface area contributed by atoms with Crippen molar-refractivity contribution in [3.63, 3.8) is 0 Å². The SMILES string of the molecule is CCC(C)(CNC(C)(C)C)Cc1cc(Cl)ccc1F. The highest BCUT2D eigenvalue weighted by atomic mass is 35.5. The minimum absolute atomic E-state index is 0.0266. The average Bonchev–Trinajstić information content (AvgIpc) is 2.31. The molecule has 0 aromatic heterocycles. The Balaban J connectivity index is 2.82. The zero-order valence-corrected chi connectivity index (χ0v) is 13.4. The fourth-order valence-electron chi connectivity index (χ4n) is 1.93. The van der Waals surface area contributed by atoms with Crippen LogP contribution in [0.1, 0.15) is 46.6 Å². The summed E-state index contributed by atoms with van der Waals surface area (Å²) in [7, 11) is 0. The predicted molar refractivity (Wildman–Crippen MR) is 81.3 cm³/mol. The first kappa shape index (κ1) is 16.5. The summed E-state index contributed by atoms with van der Waals surface area (Å²) in [5.74, 6) is -0.167. The molecule has 3 heteroatoms. The summed E-state index contributed by atoms with van der Waals surface area (Å²) < 4.78 is 13.8. The van der Waals surface area contributed by atoms with Crippen LogP contribution in [0.3, 0.4) is 0 Å². The van der Waals surface area contributed by atoms with E-state index in [4.69, 9.17) is 11.6 Å². The standard InChI is InChI=1S/C16H25ClFN/c1-6-16(5,11-19-15(2,3)4)10-12-9-13(17)7-8-14(12)18/h7-9,19H,6,10-11H2,1-5H3. The van der Waals surface area contributed by atoms with E-state index < -0.39 is 0 Å². The van der Waals surface area contributed by atoms with Crippen molar-refractivity contribution in [1.29, 1.82) is 0 Å². The second-order valence-electron chi connectivity index (χ2n) is 6.68. The van der Waals surface area contributed by atoms with Gasteiger partial charge in [0, 0.05) is 17.1 Å². The van der Waals surface area contributed by atoms with Crippen molar-refractivity contribution in [3.8, 4) is 0 Å². The molecule has 0 saturated carbocycles. The molecular weight excluding hydrogens is 261 g/mol. The highest BCUT2D eigenvalue weighted by molar-refractivity contribution is 6.30. The summed E-state index contributed by atoms with van der Waals surface area (Å²) in [5.41, 5.74) is 0.801. The monoisotopic (exact) mass is 285 g/mol. The molecule has 1 aromatic rings. The molecule has 0 fully saturated rings. The summed E-state index contributed by atoms with van der Waals surface area (Å²) in [5, 5.41) is 4.11. The maximum atomic E-state index is 13.8. The summed E-state index contributed by atoms with van der Waals surface area (Å²) in [6.45, 7) is 11.6. The molecule has 1 rings (SSSR count). The van der Waals surface area contributed by atoms with Crippen molar-refractivity contribution in [2.24, 2.45) is 5.41 Å². The topological polar surface area (TPSA) is 12.0 Å². The van der Waals surface area contributed by atoms with E-state index in [1.54, 1.807) is 12.1 Å². The molecule has 1 atom stereocenters. The summed E-state index contributed by atoms with van der Waals surface area (Å²) in [4.78, 5) is 0. The van der Waals surface area contributed by atoms with Crippen LogP contribution in [0.4, 0.5) is 4.39 Å². The number of nitrogens with one attached hydrogen (secondary N) is 1. The van der Waals surface area contributed by atoms with Crippen LogP contribution >= 0.6 is 11.6 Å². The Kier molecular flexibility index (Phi) is 5.40. The minimum Gasteiger partial charge on any atom is -0.312 e. The van der Waals surface area contributed by atoms with E-state index in [1.807, 2.05) is 0 Å². The number of rotatable bonds is 5. The van der Waals surface area contributed by atoms with Gasteiger partial charge in [0.2, 0.25) is 0 Å². The van der Waals surface area contributed by atoms with Gasteiger partial charge < -0.3 is 5.32 Å². The molecule has 1 nitrogen and oxygen atoms in total. The lowest BCUT2D eigenvalue weighted by molar-refractivity contribution is 0.252. The summed E-state index contributed by atoms with van der Waals surface area (Å²) in [6, 6.07) is 4.78. The largest absolute Gasteiger partial charge is 0.312 e. The van der Waals surface area contributed by atoms with E-state index in [9.17, 15) is 4.39 Å². The Morgan fingerprint density at radius 2 is 1.84 bits per heavy atom. The van der Waals surface area contributed by atoms with Crippen LogP contribution in [0, 0.1) is 11.2 Å². The molecule has 0 aliphatic carbocycles. The highest BCUT2D eigenvalue weighted by Gasteiger charge is 2.26. The molecule has 0 aliphatic heterocycles. The van der Waals surface area contributed by atoms with Crippen molar-refractivity contribution in [2.75, 3.05) is 6.54 Å². The van der Waals surface area contributed by atoms with E-state index >= 15 is 0 Å². The van der Waals surface area contributed by atoms with Crippen LogP contribution in [0.25, 0.3) is 0 Å². The Morgan fingerprint density at radius 1 is 1.21 bits per heavy atom. The average molecular weight is 286 g/mol. The lowest BCUT2D eigenvalue weighted by Gasteiger charge is -2.33. The fraction of sp³-hybridized carbons (Fsp3) is 0.625. The van der Waals surface area contributed by atoms with Crippen molar-refractivity contribution >= 4 is 11.6 Å². The quantitative estimate of drug-likeness (QED) is 0.817. The minimum atomic E-state index is -0.167. The normalized spacial score (nSPS) is 15.3. The second-order valence-corrected chi connectivity index (χ2v) is 7.12. The first-order chi connectivity index (χ1) is 8.65. The molecule has 1 unspecified atom stereocenters. The van der Waals surface area contributed by atoms with E-state index in [0.29, 0.717) is 17.0 Å². The maximum Gasteiger partial charge on any atom is 0.126 e. The van der Waals surface area contributed by atoms with Gasteiger partial charge in [-0.15, -0.1) is 0 Å². The summed E-state index contributed by atoms with van der Waals surface area (Å²) >= 11 is 5.96. The van der Waals surface area contributed by atoms with Gasteiger partial charge in [-0.2, -0.15) is 0 Å². The molecule has 108 valence electrons. The van der Waals surface area contributed by atoms with E-state index in [1.165, 1.54) is 6.07 Å². The van der Waals surface area contributed by atoms with Crippen LogP contribution in [0.2, 0.25) is 5.02 Å². The lowest BCUT2D eigenvalue weighted by Crippen LogP contribution is -2.43. The Hall–Kier alpha value is -0.600. The molecule has 0 amide bonds. The van der Waals surface area contributed by atoms with Crippen LogP contribution in [-0.2, 0) is 6.42 Å². The highest BCUT2D eigenvalue weighted by Crippen LogP contribution is 2.29. The number of benzene rings is 1. The van der Waals surface area contributed by atoms with Crippen molar-refractivity contribution in [3.05, 3.63) is 34.6 Å². The third kappa shape index (κ3) is 5.50. The molecule has 1 N–H and O–H groups in total. The fourth-order valence-corrected chi connectivity index (χ4v) is 2.12. The molecule has 1 aromatic carbocycles. The van der Waals surface area contributed by atoms with Crippen molar-refractivity contribution in [1.82, 2.24) is 5.32 Å². The smallest absolute Gasteiger partial charge is 0.126 e. The Bertz CT molecular complexity index is 425. The number of hydrogen-bond donors (Lipinski definition) is 1. The van der Waals surface area contributed by atoms with Gasteiger partial charge in [0.15, 0.2) is 0 Å². The van der Waals surface area contributed by atoms with Crippen LogP contribution in [0.5, 0.6) is 0 Å². The van der Waals surface area contributed by atoms with Crippen molar-refractivity contribution < 1.29 is 4.39 Å². The van der Waals surface area contributed by atoms with Gasteiger partial charge in [-0.05, 0) is 62.8 Å². The zero-order valence-electron chi connectivity index (χ0n) is 12.6. The second kappa shape index (κ2) is 6.23. The number of hydrogen-bond acceptors (Lipinski definition) is 1. The Morgan fingerprint density at radius 3 is 2.37 bits per heavy atom.